The summed E-state index contributed by atoms with van der Waals surface area (Å²) in [4.78, 5) is 7.15. The van der Waals surface area contributed by atoms with E-state index < -0.39 is 0 Å². The number of aromatic nitrogens is 3. The molecule has 0 atom stereocenters. The molecule has 1 N–H and O–H groups in total. The third kappa shape index (κ3) is 3.00. The van der Waals surface area contributed by atoms with Crippen molar-refractivity contribution in [3.8, 4) is 17.1 Å². The first-order chi connectivity index (χ1) is 12.9. The minimum atomic E-state index is 0.0325. The van der Waals surface area contributed by atoms with Crippen LogP contribution in [0.2, 0.25) is 0 Å². The predicted molar refractivity (Wildman–Crippen MR) is 104 cm³/mol. The number of hydrogen-bond acceptors (Lipinski definition) is 5. The number of rotatable bonds is 5. The van der Waals surface area contributed by atoms with Gasteiger partial charge in [-0.05, 0) is 31.2 Å². The Hall–Kier alpha value is -2.08. The minimum absolute atomic E-state index is 0.0325. The molecule has 2 aliphatic heterocycles. The summed E-state index contributed by atoms with van der Waals surface area (Å²) >= 11 is 0. The topological polar surface area (TPSA) is 63.3 Å². The molecule has 0 amide bonds. The van der Waals surface area contributed by atoms with E-state index in [2.05, 4.69) is 48.0 Å². The quantitative estimate of drug-likeness (QED) is 0.875. The average molecular weight is 368 g/mol. The zero-order chi connectivity index (χ0) is 18.6. The van der Waals surface area contributed by atoms with Gasteiger partial charge in [-0.25, -0.2) is 0 Å². The first-order valence-corrected chi connectivity index (χ1v) is 9.99. The van der Waals surface area contributed by atoms with Crippen LogP contribution >= 0.6 is 0 Å². The fourth-order valence-electron chi connectivity index (χ4n) is 3.77. The predicted octanol–water partition coefficient (Wildman–Crippen LogP) is 3.54. The van der Waals surface area contributed by atoms with Crippen LogP contribution in [0.4, 0.5) is 5.69 Å². The van der Waals surface area contributed by atoms with Crippen LogP contribution in [0, 0.1) is 5.92 Å². The van der Waals surface area contributed by atoms with E-state index in [1.165, 1.54) is 19.3 Å². The molecule has 3 aliphatic rings. The van der Waals surface area contributed by atoms with Gasteiger partial charge in [0.2, 0.25) is 0 Å². The van der Waals surface area contributed by atoms with Gasteiger partial charge in [0.25, 0.3) is 0 Å². The summed E-state index contributed by atoms with van der Waals surface area (Å²) in [6.45, 7) is 9.98. The molecule has 1 spiro atoms. The molecule has 0 unspecified atom stereocenters. The van der Waals surface area contributed by atoms with E-state index in [0.29, 0.717) is 5.92 Å². The second-order valence-corrected chi connectivity index (χ2v) is 9.33. The van der Waals surface area contributed by atoms with Crippen LogP contribution in [0.25, 0.3) is 11.4 Å². The van der Waals surface area contributed by atoms with Gasteiger partial charge in [-0.3, -0.25) is 10.1 Å². The van der Waals surface area contributed by atoms with Crippen LogP contribution in [0.3, 0.4) is 0 Å². The number of ether oxygens (including phenoxy) is 2. The zero-order valence-corrected chi connectivity index (χ0v) is 16.4. The smallest absolute Gasteiger partial charge is 0.146 e. The van der Waals surface area contributed by atoms with Crippen LogP contribution < -0.4 is 9.64 Å². The second kappa shape index (κ2) is 5.96. The van der Waals surface area contributed by atoms with Crippen LogP contribution in [0.15, 0.2) is 18.3 Å². The van der Waals surface area contributed by atoms with Gasteiger partial charge in [0.15, 0.2) is 0 Å². The summed E-state index contributed by atoms with van der Waals surface area (Å²) in [6, 6.07) is 4.16. The number of nitrogens with one attached hydrogen (secondary N) is 1. The van der Waals surface area contributed by atoms with Gasteiger partial charge in [0, 0.05) is 23.7 Å². The van der Waals surface area contributed by atoms with Crippen LogP contribution in [-0.4, -0.2) is 47.1 Å². The molecule has 0 radical (unpaired) electrons. The first kappa shape index (κ1) is 17.0. The van der Waals surface area contributed by atoms with E-state index in [1.807, 2.05) is 6.20 Å². The normalized spacial score (nSPS) is 21.1. The number of hydrogen-bond donors (Lipinski definition) is 1. The maximum absolute atomic E-state index is 6.26. The van der Waals surface area contributed by atoms with Gasteiger partial charge in [-0.15, -0.1) is 0 Å². The SMILES string of the molecule is CC(C)(C)c1cc(-c2cc(OCC3CC3)c(N3CCC34COC4)cn2)n[nH]1. The van der Waals surface area contributed by atoms with E-state index in [9.17, 15) is 0 Å². The molecule has 2 saturated heterocycles. The molecular formula is C21H28N4O2. The van der Waals surface area contributed by atoms with Crippen molar-refractivity contribution < 1.29 is 9.47 Å². The Kier molecular flexibility index (Phi) is 3.76. The van der Waals surface area contributed by atoms with E-state index in [1.54, 1.807) is 0 Å². The Balaban J connectivity index is 1.46. The van der Waals surface area contributed by atoms with Gasteiger partial charge in [0.05, 0.1) is 42.9 Å². The fraction of sp³-hybridized carbons (Fsp3) is 0.619. The number of pyridine rings is 1. The Morgan fingerprint density at radius 3 is 2.63 bits per heavy atom. The lowest BCUT2D eigenvalue weighted by molar-refractivity contribution is -0.0849. The summed E-state index contributed by atoms with van der Waals surface area (Å²) in [7, 11) is 0. The largest absolute Gasteiger partial charge is 0.491 e. The number of nitrogens with zero attached hydrogens (tertiary/aromatic N) is 3. The summed E-state index contributed by atoms with van der Waals surface area (Å²) in [5.74, 6) is 1.64. The highest BCUT2D eigenvalue weighted by molar-refractivity contribution is 5.68. The molecule has 6 heteroatoms. The standard InChI is InChI=1S/C21H28N4O2/c1-20(2,3)19-9-16(23-24-19)15-8-18(27-11-14-4-5-14)17(10-22-15)25-7-6-21(25)12-26-13-21/h8-10,14H,4-7,11-13H2,1-3H3,(H,23,24). The first-order valence-electron chi connectivity index (χ1n) is 9.99. The van der Waals surface area contributed by atoms with Gasteiger partial charge < -0.3 is 14.4 Å². The van der Waals surface area contributed by atoms with Crippen LogP contribution in [0.5, 0.6) is 5.75 Å². The van der Waals surface area contributed by atoms with Crippen molar-refractivity contribution in [1.29, 1.82) is 0 Å². The molecule has 4 heterocycles. The van der Waals surface area contributed by atoms with Crippen LogP contribution in [0.1, 0.15) is 45.7 Å². The van der Waals surface area contributed by atoms with Gasteiger partial charge in [-0.1, -0.05) is 20.8 Å². The van der Waals surface area contributed by atoms with Gasteiger partial charge in [-0.2, -0.15) is 5.10 Å². The molecule has 0 bridgehead atoms. The third-order valence-corrected chi connectivity index (χ3v) is 6.07. The summed E-state index contributed by atoms with van der Waals surface area (Å²) in [5.41, 5.74) is 4.14. The Labute approximate surface area is 160 Å². The summed E-state index contributed by atoms with van der Waals surface area (Å²) in [5, 5.41) is 7.65. The van der Waals surface area contributed by atoms with Crippen LogP contribution in [-0.2, 0) is 10.2 Å². The molecular weight excluding hydrogens is 340 g/mol. The maximum atomic E-state index is 6.26. The summed E-state index contributed by atoms with van der Waals surface area (Å²) in [6.07, 6.45) is 5.71. The van der Waals surface area contributed by atoms with Crippen molar-refractivity contribution in [1.82, 2.24) is 15.2 Å². The molecule has 2 aromatic rings. The van der Waals surface area contributed by atoms with Gasteiger partial charge in [0.1, 0.15) is 11.4 Å². The van der Waals surface area contributed by atoms with Crippen molar-refractivity contribution >= 4 is 5.69 Å². The maximum Gasteiger partial charge on any atom is 0.146 e. The van der Waals surface area contributed by atoms with Crippen molar-refractivity contribution in [3.05, 3.63) is 24.0 Å². The third-order valence-electron chi connectivity index (χ3n) is 6.07. The molecule has 3 fully saturated rings. The number of aromatic amines is 1. The highest BCUT2D eigenvalue weighted by atomic mass is 16.5. The van der Waals surface area contributed by atoms with Crippen molar-refractivity contribution in [2.75, 3.05) is 31.3 Å². The molecule has 144 valence electrons. The highest BCUT2D eigenvalue weighted by Crippen LogP contribution is 2.45. The lowest BCUT2D eigenvalue weighted by Gasteiger charge is -2.58. The van der Waals surface area contributed by atoms with Crippen molar-refractivity contribution in [2.45, 2.75) is 51.0 Å². The van der Waals surface area contributed by atoms with Crippen molar-refractivity contribution in [2.24, 2.45) is 5.92 Å². The minimum Gasteiger partial charge on any atom is -0.491 e. The molecule has 1 aliphatic carbocycles. The molecule has 2 aromatic heterocycles. The fourth-order valence-corrected chi connectivity index (χ4v) is 3.77. The van der Waals surface area contributed by atoms with E-state index in [-0.39, 0.29) is 11.0 Å². The molecule has 6 nitrogen and oxygen atoms in total. The van der Waals surface area contributed by atoms with E-state index in [0.717, 1.165) is 54.9 Å². The molecule has 5 rings (SSSR count). The average Bonchev–Trinajstić information content (AvgIpc) is 3.23. The molecule has 0 aromatic carbocycles. The summed E-state index contributed by atoms with van der Waals surface area (Å²) < 4.78 is 11.7. The number of anilines is 1. The Morgan fingerprint density at radius 1 is 1.26 bits per heavy atom. The Morgan fingerprint density at radius 2 is 2.07 bits per heavy atom. The molecule has 1 saturated carbocycles. The Bertz CT molecular complexity index is 841. The highest BCUT2D eigenvalue weighted by Gasteiger charge is 2.51. The van der Waals surface area contributed by atoms with Gasteiger partial charge >= 0.3 is 0 Å². The monoisotopic (exact) mass is 368 g/mol. The van der Waals surface area contributed by atoms with E-state index in [4.69, 9.17) is 14.5 Å². The lowest BCUT2D eigenvalue weighted by atomic mass is 9.82. The molecule has 27 heavy (non-hydrogen) atoms. The second-order valence-electron chi connectivity index (χ2n) is 9.33. The van der Waals surface area contributed by atoms with Crippen molar-refractivity contribution in [3.63, 3.8) is 0 Å². The zero-order valence-electron chi connectivity index (χ0n) is 16.4. The number of H-pyrrole nitrogens is 1. The van der Waals surface area contributed by atoms with E-state index >= 15 is 0 Å². The lowest BCUT2D eigenvalue weighted by Crippen LogP contribution is -2.71.